The molecule has 0 radical (unpaired) electrons. The highest BCUT2D eigenvalue weighted by Gasteiger charge is 2.41. The average Bonchev–Trinajstić information content (AvgIpc) is 3.20. The standard InChI is InChI=1S/C21H27N3O2S/c1-2-3-14-22-20(26)21(12-8-5-9-13-21)24-18(25)17-15-23-19(27-17)16-10-6-4-7-11-16/h4,6-7,10-11,15H,2-3,5,8-9,12-14H2,1H3,(H,22,26)(H,24,25). The first-order valence-corrected chi connectivity index (χ1v) is 10.6. The van der Waals surface area contributed by atoms with Crippen LogP contribution < -0.4 is 10.6 Å². The van der Waals surface area contributed by atoms with Gasteiger partial charge in [-0.2, -0.15) is 0 Å². The topological polar surface area (TPSA) is 71.1 Å². The van der Waals surface area contributed by atoms with Gasteiger partial charge in [-0.05, 0) is 19.3 Å². The van der Waals surface area contributed by atoms with Crippen LogP contribution in [0.5, 0.6) is 0 Å². The molecule has 3 rings (SSSR count). The van der Waals surface area contributed by atoms with Gasteiger partial charge in [0.1, 0.15) is 15.4 Å². The highest BCUT2D eigenvalue weighted by Crippen LogP contribution is 2.30. The smallest absolute Gasteiger partial charge is 0.263 e. The van der Waals surface area contributed by atoms with E-state index in [1.807, 2.05) is 30.3 Å². The van der Waals surface area contributed by atoms with Crippen molar-refractivity contribution in [2.75, 3.05) is 6.54 Å². The lowest BCUT2D eigenvalue weighted by Gasteiger charge is -2.36. The van der Waals surface area contributed by atoms with Crippen molar-refractivity contribution >= 4 is 23.2 Å². The molecule has 2 N–H and O–H groups in total. The number of thiazole rings is 1. The van der Waals surface area contributed by atoms with E-state index >= 15 is 0 Å². The SMILES string of the molecule is CCCCNC(=O)C1(NC(=O)c2cnc(-c3ccccc3)s2)CCCCC1. The minimum absolute atomic E-state index is 0.0446. The van der Waals surface area contributed by atoms with Crippen molar-refractivity contribution in [3.63, 3.8) is 0 Å². The summed E-state index contributed by atoms with van der Waals surface area (Å²) in [6.45, 7) is 2.75. The summed E-state index contributed by atoms with van der Waals surface area (Å²) in [6, 6.07) is 9.81. The van der Waals surface area contributed by atoms with Crippen molar-refractivity contribution in [3.05, 3.63) is 41.4 Å². The van der Waals surface area contributed by atoms with Crippen LogP contribution in [0.3, 0.4) is 0 Å². The number of benzene rings is 1. The quantitative estimate of drug-likeness (QED) is 0.703. The molecule has 0 unspecified atom stereocenters. The molecule has 1 saturated carbocycles. The predicted octanol–water partition coefficient (Wildman–Crippen LogP) is 4.16. The van der Waals surface area contributed by atoms with Gasteiger partial charge in [-0.15, -0.1) is 11.3 Å². The van der Waals surface area contributed by atoms with E-state index < -0.39 is 5.54 Å². The highest BCUT2D eigenvalue weighted by atomic mass is 32.1. The Morgan fingerprint density at radius 3 is 2.59 bits per heavy atom. The molecule has 0 aliphatic heterocycles. The fourth-order valence-electron chi connectivity index (χ4n) is 3.48. The number of unbranched alkanes of at least 4 members (excludes halogenated alkanes) is 1. The Labute approximate surface area is 164 Å². The monoisotopic (exact) mass is 385 g/mol. The van der Waals surface area contributed by atoms with Gasteiger partial charge in [0.2, 0.25) is 5.91 Å². The maximum atomic E-state index is 12.9. The van der Waals surface area contributed by atoms with E-state index in [1.54, 1.807) is 6.20 Å². The summed E-state index contributed by atoms with van der Waals surface area (Å²) in [5.74, 6) is -0.251. The third kappa shape index (κ3) is 4.75. The molecule has 144 valence electrons. The summed E-state index contributed by atoms with van der Waals surface area (Å²) >= 11 is 1.36. The van der Waals surface area contributed by atoms with Crippen molar-refractivity contribution in [3.8, 4) is 10.6 Å². The third-order valence-corrected chi connectivity index (χ3v) is 6.11. The summed E-state index contributed by atoms with van der Waals surface area (Å²) < 4.78 is 0. The van der Waals surface area contributed by atoms with Crippen LogP contribution in [0.25, 0.3) is 10.6 Å². The number of aromatic nitrogens is 1. The molecule has 1 heterocycles. The molecular formula is C21H27N3O2S. The van der Waals surface area contributed by atoms with Gasteiger partial charge in [-0.3, -0.25) is 9.59 Å². The maximum Gasteiger partial charge on any atom is 0.263 e. The van der Waals surface area contributed by atoms with Crippen LogP contribution in [0, 0.1) is 0 Å². The molecule has 1 aliphatic rings. The number of nitrogens with one attached hydrogen (secondary N) is 2. The number of amides is 2. The van der Waals surface area contributed by atoms with Crippen molar-refractivity contribution in [1.29, 1.82) is 0 Å². The van der Waals surface area contributed by atoms with E-state index in [4.69, 9.17) is 0 Å². The van der Waals surface area contributed by atoms with E-state index in [0.717, 1.165) is 42.7 Å². The number of carbonyl (C=O) groups excluding carboxylic acids is 2. The van der Waals surface area contributed by atoms with Crippen molar-refractivity contribution in [2.45, 2.75) is 57.4 Å². The van der Waals surface area contributed by atoms with Crippen LogP contribution >= 0.6 is 11.3 Å². The van der Waals surface area contributed by atoms with E-state index in [2.05, 4.69) is 22.5 Å². The molecular weight excluding hydrogens is 358 g/mol. The molecule has 1 aromatic carbocycles. The van der Waals surface area contributed by atoms with Gasteiger partial charge in [0, 0.05) is 12.1 Å². The van der Waals surface area contributed by atoms with Crippen LogP contribution in [-0.2, 0) is 4.79 Å². The number of carbonyl (C=O) groups is 2. The molecule has 27 heavy (non-hydrogen) atoms. The number of hydrogen-bond acceptors (Lipinski definition) is 4. The third-order valence-electron chi connectivity index (χ3n) is 5.06. The predicted molar refractivity (Wildman–Crippen MR) is 109 cm³/mol. The Morgan fingerprint density at radius 2 is 1.89 bits per heavy atom. The second-order valence-corrected chi connectivity index (χ2v) is 8.13. The van der Waals surface area contributed by atoms with E-state index in [-0.39, 0.29) is 11.8 Å². The average molecular weight is 386 g/mol. The molecule has 2 aromatic rings. The van der Waals surface area contributed by atoms with Gasteiger partial charge < -0.3 is 10.6 Å². The summed E-state index contributed by atoms with van der Waals surface area (Å²) in [5, 5.41) is 6.89. The van der Waals surface area contributed by atoms with Crippen LogP contribution in [0.1, 0.15) is 61.5 Å². The lowest BCUT2D eigenvalue weighted by molar-refractivity contribution is -0.128. The first kappa shape index (κ1) is 19.5. The molecule has 1 fully saturated rings. The first-order chi connectivity index (χ1) is 13.1. The van der Waals surface area contributed by atoms with Gasteiger partial charge in [0.05, 0.1) is 6.20 Å². The molecule has 0 spiro atoms. The number of hydrogen-bond donors (Lipinski definition) is 2. The molecule has 2 amide bonds. The van der Waals surface area contributed by atoms with Gasteiger partial charge in [-0.25, -0.2) is 4.98 Å². The Morgan fingerprint density at radius 1 is 1.15 bits per heavy atom. The second kappa shape index (κ2) is 9.13. The normalized spacial score (nSPS) is 15.9. The zero-order chi connectivity index (χ0) is 19.1. The van der Waals surface area contributed by atoms with E-state index in [0.29, 0.717) is 24.3 Å². The molecule has 6 heteroatoms. The van der Waals surface area contributed by atoms with Gasteiger partial charge in [-0.1, -0.05) is 62.9 Å². The Hall–Kier alpha value is -2.21. The van der Waals surface area contributed by atoms with Gasteiger partial charge >= 0.3 is 0 Å². The van der Waals surface area contributed by atoms with Crippen molar-refractivity contribution < 1.29 is 9.59 Å². The molecule has 0 saturated heterocycles. The number of rotatable bonds is 7. The lowest BCUT2D eigenvalue weighted by Crippen LogP contribution is -2.59. The second-order valence-electron chi connectivity index (χ2n) is 7.10. The first-order valence-electron chi connectivity index (χ1n) is 9.77. The van der Waals surface area contributed by atoms with Crippen molar-refractivity contribution in [1.82, 2.24) is 15.6 Å². The fourth-order valence-corrected chi connectivity index (χ4v) is 4.30. The summed E-state index contributed by atoms with van der Waals surface area (Å²) in [4.78, 5) is 30.7. The lowest BCUT2D eigenvalue weighted by atomic mass is 9.80. The highest BCUT2D eigenvalue weighted by molar-refractivity contribution is 7.16. The number of nitrogens with zero attached hydrogens (tertiary/aromatic N) is 1. The van der Waals surface area contributed by atoms with Crippen molar-refractivity contribution in [2.24, 2.45) is 0 Å². The summed E-state index contributed by atoms with van der Waals surface area (Å²) in [5.41, 5.74) is 0.200. The Bertz CT molecular complexity index is 767. The van der Waals surface area contributed by atoms with Crippen LogP contribution in [0.4, 0.5) is 0 Å². The van der Waals surface area contributed by atoms with Crippen LogP contribution in [-0.4, -0.2) is 28.9 Å². The maximum absolute atomic E-state index is 12.9. The largest absolute Gasteiger partial charge is 0.354 e. The minimum Gasteiger partial charge on any atom is -0.354 e. The fraction of sp³-hybridized carbons (Fsp3) is 0.476. The van der Waals surface area contributed by atoms with Crippen LogP contribution in [0.2, 0.25) is 0 Å². The summed E-state index contributed by atoms with van der Waals surface area (Å²) in [6.07, 6.45) is 8.00. The summed E-state index contributed by atoms with van der Waals surface area (Å²) in [7, 11) is 0. The molecule has 1 aliphatic carbocycles. The van der Waals surface area contributed by atoms with Crippen LogP contribution in [0.15, 0.2) is 36.5 Å². The Balaban J connectivity index is 1.73. The molecule has 0 bridgehead atoms. The molecule has 5 nitrogen and oxygen atoms in total. The van der Waals surface area contributed by atoms with Gasteiger partial charge in [0.15, 0.2) is 0 Å². The Kier molecular flexibility index (Phi) is 6.61. The molecule has 1 aromatic heterocycles. The zero-order valence-corrected chi connectivity index (χ0v) is 16.6. The van der Waals surface area contributed by atoms with E-state index in [9.17, 15) is 9.59 Å². The minimum atomic E-state index is -0.792. The zero-order valence-electron chi connectivity index (χ0n) is 15.8. The molecule has 0 atom stereocenters. The van der Waals surface area contributed by atoms with Gasteiger partial charge in [0.25, 0.3) is 5.91 Å². The van der Waals surface area contributed by atoms with E-state index in [1.165, 1.54) is 11.3 Å².